The first kappa shape index (κ1) is 18.9. The van der Waals surface area contributed by atoms with Crippen LogP contribution < -0.4 is 5.32 Å². The third kappa shape index (κ3) is 4.67. The van der Waals surface area contributed by atoms with Gasteiger partial charge in [-0.05, 0) is 37.1 Å². The summed E-state index contributed by atoms with van der Waals surface area (Å²) in [6, 6.07) is 13.4. The Morgan fingerprint density at radius 3 is 2.63 bits per heavy atom. The number of aromatic nitrogens is 2. The number of pyridine rings is 1. The lowest BCUT2D eigenvalue weighted by molar-refractivity contribution is -0.143. The standard InChI is InChI=1S/C20H20F3N3O/c1-14(25-18(27)10-9-15-6-3-2-4-7-15)13-26-17(20(21,22)23)12-16-8-5-11-24-19(16)26/h2-8,11-12,14H,9-10,13H2,1H3,(H,25,27)/t14-/m1/s1. The van der Waals surface area contributed by atoms with E-state index >= 15 is 0 Å². The fourth-order valence-corrected chi connectivity index (χ4v) is 3.08. The van der Waals surface area contributed by atoms with Crippen molar-refractivity contribution in [3.63, 3.8) is 0 Å². The average molecular weight is 375 g/mol. The van der Waals surface area contributed by atoms with Gasteiger partial charge < -0.3 is 9.88 Å². The SMILES string of the molecule is C[C@H](Cn1c(C(F)(F)F)cc2cccnc21)NC(=O)CCc1ccccc1. The van der Waals surface area contributed by atoms with Gasteiger partial charge in [-0.1, -0.05) is 30.3 Å². The van der Waals surface area contributed by atoms with Gasteiger partial charge in [0.15, 0.2) is 0 Å². The van der Waals surface area contributed by atoms with Crippen LogP contribution in [0.2, 0.25) is 0 Å². The number of aryl methyl sites for hydroxylation is 1. The molecular formula is C20H20F3N3O. The van der Waals surface area contributed by atoms with E-state index in [4.69, 9.17) is 0 Å². The number of nitrogens with one attached hydrogen (secondary N) is 1. The van der Waals surface area contributed by atoms with Crippen molar-refractivity contribution in [2.75, 3.05) is 0 Å². The molecule has 7 heteroatoms. The van der Waals surface area contributed by atoms with E-state index in [0.29, 0.717) is 11.8 Å². The summed E-state index contributed by atoms with van der Waals surface area (Å²) in [6.45, 7) is 1.68. The molecule has 0 bridgehead atoms. The summed E-state index contributed by atoms with van der Waals surface area (Å²) in [5.74, 6) is -0.190. The summed E-state index contributed by atoms with van der Waals surface area (Å²) in [5.41, 5.74) is 0.539. The molecule has 1 N–H and O–H groups in total. The summed E-state index contributed by atoms with van der Waals surface area (Å²) in [6.07, 6.45) is -2.16. The van der Waals surface area contributed by atoms with Crippen molar-refractivity contribution in [3.05, 3.63) is 66.0 Å². The maximum absolute atomic E-state index is 13.4. The Kier molecular flexibility index (Phi) is 5.48. The number of hydrogen-bond acceptors (Lipinski definition) is 2. The van der Waals surface area contributed by atoms with Gasteiger partial charge >= 0.3 is 6.18 Å². The van der Waals surface area contributed by atoms with E-state index in [1.165, 1.54) is 6.20 Å². The highest BCUT2D eigenvalue weighted by Gasteiger charge is 2.36. The second-order valence-corrected chi connectivity index (χ2v) is 6.51. The quantitative estimate of drug-likeness (QED) is 0.702. The summed E-state index contributed by atoms with van der Waals surface area (Å²) < 4.78 is 41.2. The molecule has 0 saturated carbocycles. The van der Waals surface area contributed by atoms with E-state index in [2.05, 4.69) is 10.3 Å². The molecule has 3 aromatic rings. The van der Waals surface area contributed by atoms with Crippen LogP contribution in [0.3, 0.4) is 0 Å². The molecule has 3 rings (SSSR count). The Morgan fingerprint density at radius 1 is 1.19 bits per heavy atom. The topological polar surface area (TPSA) is 46.9 Å². The van der Waals surface area contributed by atoms with Crippen molar-refractivity contribution in [2.24, 2.45) is 0 Å². The van der Waals surface area contributed by atoms with Crippen LogP contribution in [0.1, 0.15) is 24.6 Å². The van der Waals surface area contributed by atoms with Gasteiger partial charge in [-0.15, -0.1) is 0 Å². The third-order valence-electron chi connectivity index (χ3n) is 4.29. The molecular weight excluding hydrogens is 355 g/mol. The van der Waals surface area contributed by atoms with Crippen LogP contribution in [0.4, 0.5) is 13.2 Å². The largest absolute Gasteiger partial charge is 0.431 e. The van der Waals surface area contributed by atoms with Crippen LogP contribution in [-0.4, -0.2) is 21.5 Å². The Labute approximate surface area is 155 Å². The number of carbonyl (C=O) groups excluding carboxylic acids is 1. The van der Waals surface area contributed by atoms with Crippen molar-refractivity contribution in [3.8, 4) is 0 Å². The molecule has 2 aromatic heterocycles. The van der Waals surface area contributed by atoms with Crippen molar-refractivity contribution in [1.82, 2.24) is 14.9 Å². The van der Waals surface area contributed by atoms with Gasteiger partial charge in [-0.25, -0.2) is 4.98 Å². The molecule has 1 atom stereocenters. The normalized spacial score (nSPS) is 12.9. The number of halogens is 3. The Hall–Kier alpha value is -2.83. The van der Waals surface area contributed by atoms with E-state index in [9.17, 15) is 18.0 Å². The first-order chi connectivity index (χ1) is 12.8. The monoisotopic (exact) mass is 375 g/mol. The molecule has 0 aliphatic rings. The zero-order valence-electron chi connectivity index (χ0n) is 14.8. The van der Waals surface area contributed by atoms with Gasteiger partial charge in [0, 0.05) is 30.6 Å². The van der Waals surface area contributed by atoms with Gasteiger partial charge in [-0.2, -0.15) is 13.2 Å². The van der Waals surface area contributed by atoms with Crippen LogP contribution >= 0.6 is 0 Å². The molecule has 0 spiro atoms. The lowest BCUT2D eigenvalue weighted by Crippen LogP contribution is -2.36. The van der Waals surface area contributed by atoms with Crippen LogP contribution in [-0.2, 0) is 23.9 Å². The minimum Gasteiger partial charge on any atom is -0.352 e. The van der Waals surface area contributed by atoms with E-state index in [0.717, 1.165) is 16.2 Å². The molecule has 142 valence electrons. The summed E-state index contributed by atoms with van der Waals surface area (Å²) in [4.78, 5) is 16.2. The van der Waals surface area contributed by atoms with Gasteiger partial charge in [0.2, 0.25) is 5.91 Å². The zero-order chi connectivity index (χ0) is 19.4. The van der Waals surface area contributed by atoms with Gasteiger partial charge in [0.05, 0.1) is 0 Å². The van der Waals surface area contributed by atoms with Gasteiger partial charge in [0.25, 0.3) is 0 Å². The first-order valence-electron chi connectivity index (χ1n) is 8.69. The van der Waals surface area contributed by atoms with Crippen LogP contribution in [0.5, 0.6) is 0 Å². The van der Waals surface area contributed by atoms with E-state index in [-0.39, 0.29) is 24.5 Å². The lowest BCUT2D eigenvalue weighted by atomic mass is 10.1. The second-order valence-electron chi connectivity index (χ2n) is 6.51. The number of benzene rings is 1. The molecule has 0 aliphatic carbocycles. The third-order valence-corrected chi connectivity index (χ3v) is 4.29. The van der Waals surface area contributed by atoms with Crippen molar-refractivity contribution in [1.29, 1.82) is 0 Å². The molecule has 0 unspecified atom stereocenters. The molecule has 2 heterocycles. The fourth-order valence-electron chi connectivity index (χ4n) is 3.08. The highest BCUT2D eigenvalue weighted by molar-refractivity contribution is 5.78. The molecule has 0 saturated heterocycles. The van der Waals surface area contributed by atoms with Gasteiger partial charge in [-0.3, -0.25) is 4.79 Å². The Balaban J connectivity index is 1.68. The lowest BCUT2D eigenvalue weighted by Gasteiger charge is -2.18. The van der Waals surface area contributed by atoms with Crippen LogP contribution in [0.15, 0.2) is 54.7 Å². The number of hydrogen-bond donors (Lipinski definition) is 1. The van der Waals surface area contributed by atoms with Gasteiger partial charge in [0.1, 0.15) is 11.3 Å². The highest BCUT2D eigenvalue weighted by Crippen LogP contribution is 2.33. The number of alkyl halides is 3. The van der Waals surface area contributed by atoms with Crippen molar-refractivity contribution < 1.29 is 18.0 Å². The molecule has 4 nitrogen and oxygen atoms in total. The van der Waals surface area contributed by atoms with E-state index < -0.39 is 17.9 Å². The summed E-state index contributed by atoms with van der Waals surface area (Å²) in [5, 5.41) is 3.20. The summed E-state index contributed by atoms with van der Waals surface area (Å²) >= 11 is 0. The first-order valence-corrected chi connectivity index (χ1v) is 8.69. The Bertz CT molecular complexity index is 919. The number of amides is 1. The van der Waals surface area contributed by atoms with E-state index in [1.54, 1.807) is 19.1 Å². The molecule has 0 radical (unpaired) electrons. The maximum atomic E-state index is 13.4. The number of rotatable bonds is 6. The van der Waals surface area contributed by atoms with Crippen molar-refractivity contribution in [2.45, 2.75) is 38.5 Å². The molecule has 0 aliphatic heterocycles. The molecule has 27 heavy (non-hydrogen) atoms. The van der Waals surface area contributed by atoms with Crippen molar-refractivity contribution >= 4 is 16.9 Å². The molecule has 0 fully saturated rings. The number of fused-ring (bicyclic) bond motifs is 1. The average Bonchev–Trinajstić information content (AvgIpc) is 3.00. The maximum Gasteiger partial charge on any atom is 0.431 e. The Morgan fingerprint density at radius 2 is 1.93 bits per heavy atom. The number of carbonyl (C=O) groups is 1. The van der Waals surface area contributed by atoms with E-state index in [1.807, 2.05) is 30.3 Å². The van der Waals surface area contributed by atoms with Crippen LogP contribution in [0.25, 0.3) is 11.0 Å². The highest BCUT2D eigenvalue weighted by atomic mass is 19.4. The predicted octanol–water partition coefficient (Wildman–Crippen LogP) is 4.19. The summed E-state index contributed by atoms with van der Waals surface area (Å²) in [7, 11) is 0. The predicted molar refractivity (Wildman–Crippen MR) is 97.1 cm³/mol. The molecule has 1 amide bonds. The second kappa shape index (κ2) is 7.82. The fraction of sp³-hybridized carbons (Fsp3) is 0.300. The smallest absolute Gasteiger partial charge is 0.352 e. The zero-order valence-corrected chi connectivity index (χ0v) is 14.8. The van der Waals surface area contributed by atoms with Crippen LogP contribution in [0, 0.1) is 0 Å². The minimum atomic E-state index is -4.49. The minimum absolute atomic E-state index is 0.00751. The number of nitrogens with zero attached hydrogens (tertiary/aromatic N) is 2. The molecule has 1 aromatic carbocycles.